The van der Waals surface area contributed by atoms with Crippen molar-refractivity contribution in [2.75, 3.05) is 13.2 Å². The van der Waals surface area contributed by atoms with Gasteiger partial charge < -0.3 is 14.9 Å². The summed E-state index contributed by atoms with van der Waals surface area (Å²) >= 11 is 0. The van der Waals surface area contributed by atoms with Gasteiger partial charge in [0.15, 0.2) is 0 Å². The fourth-order valence-electron chi connectivity index (χ4n) is 21.4. The van der Waals surface area contributed by atoms with Gasteiger partial charge in [0, 0.05) is 13.2 Å². The number of hydrogen-bond acceptors (Lipinski definition) is 3. The Morgan fingerprint density at radius 1 is 0.415 bits per heavy atom. The van der Waals surface area contributed by atoms with E-state index < -0.39 is 0 Å². The molecule has 0 bridgehead atoms. The molecule has 376 valence electrons. The molecule has 0 spiro atoms. The largest absolute Gasteiger partial charge is 0.393 e. The van der Waals surface area contributed by atoms with Gasteiger partial charge in [0.1, 0.15) is 0 Å². The molecule has 20 atom stereocenters. The van der Waals surface area contributed by atoms with Crippen LogP contribution in [0.2, 0.25) is 0 Å². The molecule has 0 saturated heterocycles. The minimum atomic E-state index is -0.192. The van der Waals surface area contributed by atoms with Crippen molar-refractivity contribution in [2.45, 2.75) is 261 Å². The topological polar surface area (TPSA) is 49.7 Å². The lowest BCUT2D eigenvalue weighted by molar-refractivity contribution is -0.163. The molecule has 6 unspecified atom stereocenters. The van der Waals surface area contributed by atoms with Crippen molar-refractivity contribution in [2.24, 2.45) is 116 Å². The van der Waals surface area contributed by atoms with E-state index in [4.69, 9.17) is 4.74 Å². The molecule has 0 aromatic heterocycles. The number of ether oxygens (including phenoxy) is 1. The van der Waals surface area contributed by atoms with Crippen molar-refractivity contribution in [1.82, 2.24) is 0 Å². The van der Waals surface area contributed by atoms with Gasteiger partial charge in [0.2, 0.25) is 0 Å². The fraction of sp³-hybridized carbons (Fsp3) is 1.00. The molecule has 0 aromatic carbocycles. The van der Waals surface area contributed by atoms with Gasteiger partial charge in [0.25, 0.3) is 0 Å². The normalized spacial score (nSPS) is 45.5. The van der Waals surface area contributed by atoms with Crippen molar-refractivity contribution >= 4 is 0 Å². The van der Waals surface area contributed by atoms with Gasteiger partial charge in [-0.1, -0.05) is 121 Å². The molecule has 0 aliphatic heterocycles. The van der Waals surface area contributed by atoms with E-state index in [9.17, 15) is 10.2 Å². The van der Waals surface area contributed by atoms with Gasteiger partial charge in [-0.25, -0.2) is 0 Å². The molecular weight excluding hydrogens is 793 g/mol. The van der Waals surface area contributed by atoms with E-state index in [0.29, 0.717) is 33.5 Å². The summed E-state index contributed by atoms with van der Waals surface area (Å²) in [7, 11) is 0. The molecule has 8 saturated carbocycles. The Morgan fingerprint density at radius 2 is 0.831 bits per heavy atom. The third kappa shape index (κ3) is 9.81. The summed E-state index contributed by atoms with van der Waals surface area (Å²) in [6, 6.07) is 0. The average Bonchev–Trinajstić information content (AvgIpc) is 3.81. The first-order valence-corrected chi connectivity index (χ1v) is 30.0. The molecule has 3 heteroatoms. The zero-order chi connectivity index (χ0) is 46.3. The number of aliphatic hydroxyl groups excluding tert-OH is 2. The lowest BCUT2D eigenvalue weighted by atomic mass is 9.42. The first-order valence-electron chi connectivity index (χ1n) is 30.0. The fourth-order valence-corrected chi connectivity index (χ4v) is 21.4. The first-order chi connectivity index (χ1) is 31.0. The molecule has 8 aliphatic rings. The van der Waals surface area contributed by atoms with Crippen molar-refractivity contribution in [1.29, 1.82) is 0 Å². The van der Waals surface area contributed by atoms with Crippen LogP contribution in [0.3, 0.4) is 0 Å². The standard InChI is InChI=1S/C62H110O3/c1-41(2)17-11-19-43(5)49-31-33-51-47-29-27-45-21-13-23-55(61(45,9)53(47)35-37-59(49,51)7)57(63)25-15-39-65-40-16-26-58(64)56-24-14-22-46-28-30-48-52-34-32-50(44(6)20-12-18-42(3)4)60(52,8)38-36-54(48)62(46,56)10/h41-58,63-64H,11-40H2,1-10H3/t43-,44-,45?,46?,47+,48+,49-,50-,51+,52+,53+,54+,55?,56?,57?,58?,59-,60-,61+,62+/m1/s1. The van der Waals surface area contributed by atoms with E-state index >= 15 is 0 Å². The van der Waals surface area contributed by atoms with Crippen molar-refractivity contribution in [3.63, 3.8) is 0 Å². The third-order valence-corrected chi connectivity index (χ3v) is 24.6. The molecule has 2 N–H and O–H groups in total. The third-order valence-electron chi connectivity index (χ3n) is 24.6. The SMILES string of the molecule is CC(C)CCC[C@@H](C)[C@H]1CC[C@H]2[C@@H]3CCC4CCCC(C(O)CCCOCCCC(O)C5CCCC6CC[C@@H]7[C@H](CC[C@]8(C)[C@@H]([C@H](C)CCCC(C)C)CC[C@@H]78)[C@]65C)[C@]4(C)[C@H]3CC[C@]12C. The van der Waals surface area contributed by atoms with E-state index in [1.807, 2.05) is 0 Å². The molecular formula is C62H110O3. The molecule has 0 radical (unpaired) electrons. The highest BCUT2D eigenvalue weighted by molar-refractivity contribution is 5.13. The maximum atomic E-state index is 12.1. The maximum absolute atomic E-state index is 12.1. The van der Waals surface area contributed by atoms with Gasteiger partial charge in [0.05, 0.1) is 12.2 Å². The van der Waals surface area contributed by atoms with Crippen LogP contribution in [-0.2, 0) is 4.74 Å². The molecule has 0 aromatic rings. The smallest absolute Gasteiger partial charge is 0.0574 e. The molecule has 0 heterocycles. The Kier molecular flexibility index (Phi) is 16.8. The van der Waals surface area contributed by atoms with Crippen LogP contribution in [0.25, 0.3) is 0 Å². The highest BCUT2D eigenvalue weighted by atomic mass is 16.5. The molecule has 3 nitrogen and oxygen atoms in total. The van der Waals surface area contributed by atoms with Crippen LogP contribution < -0.4 is 0 Å². The Morgan fingerprint density at radius 3 is 1.23 bits per heavy atom. The van der Waals surface area contributed by atoms with E-state index in [1.165, 1.54) is 154 Å². The molecule has 8 aliphatic carbocycles. The molecule has 65 heavy (non-hydrogen) atoms. The van der Waals surface area contributed by atoms with Gasteiger partial charge in [-0.2, -0.15) is 0 Å². The minimum absolute atomic E-state index is 0.192. The Hall–Kier alpha value is -0.120. The van der Waals surface area contributed by atoms with Crippen LogP contribution in [0.4, 0.5) is 0 Å². The highest BCUT2D eigenvalue weighted by Gasteiger charge is 2.64. The lowest BCUT2D eigenvalue weighted by Crippen LogP contribution is -2.57. The van der Waals surface area contributed by atoms with Gasteiger partial charge in [-0.3, -0.25) is 0 Å². The average molecular weight is 904 g/mol. The summed E-state index contributed by atoms with van der Waals surface area (Å²) in [5.41, 5.74) is 1.68. The van der Waals surface area contributed by atoms with Gasteiger partial charge in [-0.05, 0) is 245 Å². The monoisotopic (exact) mass is 903 g/mol. The quantitative estimate of drug-likeness (QED) is 0.120. The molecule has 8 fully saturated rings. The highest BCUT2D eigenvalue weighted by Crippen LogP contribution is 2.71. The second-order valence-electron chi connectivity index (χ2n) is 28.2. The Labute approximate surface area is 404 Å². The minimum Gasteiger partial charge on any atom is -0.393 e. The van der Waals surface area contributed by atoms with Crippen LogP contribution in [0.1, 0.15) is 249 Å². The van der Waals surface area contributed by atoms with E-state index in [-0.39, 0.29) is 12.2 Å². The predicted molar refractivity (Wildman–Crippen MR) is 274 cm³/mol. The lowest BCUT2D eigenvalue weighted by Gasteiger charge is -2.63. The summed E-state index contributed by atoms with van der Waals surface area (Å²) in [6.07, 6.45) is 37.0. The Balaban J connectivity index is 0.798. The summed E-state index contributed by atoms with van der Waals surface area (Å²) in [6.45, 7) is 27.2. The van der Waals surface area contributed by atoms with Crippen LogP contribution in [0.5, 0.6) is 0 Å². The zero-order valence-corrected chi connectivity index (χ0v) is 44.9. The number of rotatable bonds is 20. The second-order valence-corrected chi connectivity index (χ2v) is 28.2. The molecule has 8 rings (SSSR count). The van der Waals surface area contributed by atoms with Crippen molar-refractivity contribution in [3.05, 3.63) is 0 Å². The van der Waals surface area contributed by atoms with Crippen LogP contribution in [0, 0.1) is 116 Å². The zero-order valence-electron chi connectivity index (χ0n) is 44.9. The maximum Gasteiger partial charge on any atom is 0.0574 e. The van der Waals surface area contributed by atoms with E-state index in [0.717, 1.165) is 122 Å². The van der Waals surface area contributed by atoms with Crippen molar-refractivity contribution in [3.8, 4) is 0 Å². The number of aliphatic hydroxyl groups is 2. The van der Waals surface area contributed by atoms with Gasteiger partial charge >= 0.3 is 0 Å². The van der Waals surface area contributed by atoms with Gasteiger partial charge in [-0.15, -0.1) is 0 Å². The van der Waals surface area contributed by atoms with Crippen LogP contribution in [0.15, 0.2) is 0 Å². The summed E-state index contributed by atoms with van der Waals surface area (Å²) in [5.74, 6) is 13.0. The predicted octanol–water partition coefficient (Wildman–Crippen LogP) is 16.8. The summed E-state index contributed by atoms with van der Waals surface area (Å²) in [5, 5.41) is 24.2. The summed E-state index contributed by atoms with van der Waals surface area (Å²) < 4.78 is 6.37. The van der Waals surface area contributed by atoms with E-state index in [2.05, 4.69) is 69.2 Å². The summed E-state index contributed by atoms with van der Waals surface area (Å²) in [4.78, 5) is 0. The van der Waals surface area contributed by atoms with Crippen molar-refractivity contribution < 1.29 is 14.9 Å². The van der Waals surface area contributed by atoms with E-state index in [1.54, 1.807) is 0 Å². The molecule has 0 amide bonds. The Bertz CT molecular complexity index is 1380. The van der Waals surface area contributed by atoms with Crippen LogP contribution in [-0.4, -0.2) is 35.6 Å². The first kappa shape index (κ1) is 51.2. The second kappa shape index (κ2) is 21.3. The van der Waals surface area contributed by atoms with Crippen LogP contribution >= 0.6 is 0 Å². The number of hydrogen-bond donors (Lipinski definition) is 2. The number of fused-ring (bicyclic) bond motifs is 10.